The zero-order chi connectivity index (χ0) is 35.9. The first-order valence-corrected chi connectivity index (χ1v) is 19.6. The summed E-state index contributed by atoms with van der Waals surface area (Å²) in [7, 11) is 1.69. The molecule has 2 aliphatic rings. The molecule has 0 N–H and O–H groups in total. The number of fused-ring (bicyclic) bond motifs is 3. The van der Waals surface area contributed by atoms with Gasteiger partial charge < -0.3 is 9.47 Å². The van der Waals surface area contributed by atoms with Crippen LogP contribution < -0.4 is 9.47 Å². The van der Waals surface area contributed by atoms with Crippen LogP contribution in [0.1, 0.15) is 98.6 Å². The lowest BCUT2D eigenvalue weighted by Crippen LogP contribution is -2.12. The van der Waals surface area contributed by atoms with Crippen LogP contribution in [0.4, 0.5) is 0 Å². The Labute approximate surface area is 312 Å². The minimum Gasteiger partial charge on any atom is -0.497 e. The molecule has 4 aromatic carbocycles. The SMILES string of the molecule is COc1ccnc(-n2c3ccccc3c3ccc(Oc4cccc(-n5nc(C6CCCCC6)c(-c6c(C)cccc6C)c5C5CCCCC5)c4)cc32)c1. The molecular weight excluding hydrogens is 653 g/mol. The molecule has 9 rings (SSSR count). The summed E-state index contributed by atoms with van der Waals surface area (Å²) >= 11 is 0. The molecule has 53 heavy (non-hydrogen) atoms. The number of benzene rings is 4. The van der Waals surface area contributed by atoms with E-state index in [1.165, 1.54) is 103 Å². The van der Waals surface area contributed by atoms with Gasteiger partial charge in [0.05, 0.1) is 35.2 Å². The first kappa shape index (κ1) is 33.5. The molecule has 2 saturated carbocycles. The molecule has 2 aliphatic carbocycles. The van der Waals surface area contributed by atoms with Crippen LogP contribution in [0.3, 0.4) is 0 Å². The molecule has 0 radical (unpaired) electrons. The van der Waals surface area contributed by atoms with E-state index in [1.54, 1.807) is 13.3 Å². The average Bonchev–Trinajstić information content (AvgIpc) is 3.75. The molecule has 7 aromatic rings. The Hall–Kier alpha value is -5.36. The van der Waals surface area contributed by atoms with Gasteiger partial charge in [0.2, 0.25) is 0 Å². The maximum atomic E-state index is 6.74. The van der Waals surface area contributed by atoms with Crippen molar-refractivity contribution >= 4 is 21.8 Å². The normalized spacial score (nSPS) is 15.7. The van der Waals surface area contributed by atoms with Crippen molar-refractivity contribution in [1.82, 2.24) is 19.3 Å². The van der Waals surface area contributed by atoms with Gasteiger partial charge in [0.25, 0.3) is 0 Å². The first-order chi connectivity index (χ1) is 26.1. The minimum atomic E-state index is 0.474. The van der Waals surface area contributed by atoms with Crippen molar-refractivity contribution < 1.29 is 9.47 Å². The van der Waals surface area contributed by atoms with E-state index in [1.807, 2.05) is 12.1 Å². The van der Waals surface area contributed by atoms with Gasteiger partial charge in [0, 0.05) is 52.6 Å². The smallest absolute Gasteiger partial charge is 0.141 e. The second kappa shape index (κ2) is 14.2. The Morgan fingerprint density at radius 2 is 1.30 bits per heavy atom. The lowest BCUT2D eigenvalue weighted by molar-refractivity contribution is 0.414. The summed E-state index contributed by atoms with van der Waals surface area (Å²) in [6, 6.07) is 34.0. The van der Waals surface area contributed by atoms with Crippen LogP contribution in [0, 0.1) is 13.8 Å². The number of rotatable bonds is 8. The fourth-order valence-electron chi connectivity index (χ4n) is 9.25. The number of aromatic nitrogens is 4. The monoisotopic (exact) mass is 700 g/mol. The van der Waals surface area contributed by atoms with Crippen molar-refractivity contribution in [3.05, 3.63) is 126 Å². The molecule has 0 amide bonds. The Balaban J connectivity index is 1.16. The Bertz CT molecular complexity index is 2410. The molecule has 3 heterocycles. The molecule has 3 aromatic heterocycles. The highest BCUT2D eigenvalue weighted by molar-refractivity contribution is 6.09. The van der Waals surface area contributed by atoms with Crippen LogP contribution in [0.2, 0.25) is 0 Å². The number of para-hydroxylation sites is 1. The van der Waals surface area contributed by atoms with Gasteiger partial charge in [-0.05, 0) is 92.6 Å². The van der Waals surface area contributed by atoms with Gasteiger partial charge in [-0.25, -0.2) is 9.67 Å². The van der Waals surface area contributed by atoms with Crippen LogP contribution in [-0.2, 0) is 0 Å². The van der Waals surface area contributed by atoms with Gasteiger partial charge in [0.15, 0.2) is 0 Å². The number of hydrogen-bond acceptors (Lipinski definition) is 4. The third-order valence-electron chi connectivity index (χ3n) is 11.8. The quantitative estimate of drug-likeness (QED) is 0.158. The standard InChI is InChI=1S/C47H48N4O2/c1-31-14-12-15-32(2)44(31)45-46(33-16-6-4-7-17-33)49-51(47(45)34-18-8-5-9-19-34)35-20-13-21-37(28-35)53-38-24-25-40-39-22-10-11-23-41(39)50(42(40)29-38)43-30-36(52-3)26-27-48-43/h10-15,20-30,33-34H,4-9,16-19H2,1-3H3. The van der Waals surface area contributed by atoms with E-state index >= 15 is 0 Å². The first-order valence-electron chi connectivity index (χ1n) is 19.6. The third kappa shape index (κ3) is 6.18. The van der Waals surface area contributed by atoms with E-state index in [0.717, 1.165) is 45.2 Å². The van der Waals surface area contributed by atoms with Crippen molar-refractivity contribution in [2.45, 2.75) is 89.9 Å². The molecule has 0 saturated heterocycles. The van der Waals surface area contributed by atoms with Gasteiger partial charge >= 0.3 is 0 Å². The molecule has 6 heteroatoms. The summed E-state index contributed by atoms with van der Waals surface area (Å²) in [5, 5.41) is 7.97. The van der Waals surface area contributed by atoms with Crippen molar-refractivity contribution in [3.63, 3.8) is 0 Å². The molecule has 6 nitrogen and oxygen atoms in total. The summed E-state index contributed by atoms with van der Waals surface area (Å²) in [5.74, 6) is 4.09. The predicted molar refractivity (Wildman–Crippen MR) is 215 cm³/mol. The second-order valence-electron chi connectivity index (χ2n) is 15.2. The fraction of sp³-hybridized carbons (Fsp3) is 0.319. The number of hydrogen-bond donors (Lipinski definition) is 0. The van der Waals surface area contributed by atoms with Crippen LogP contribution in [-0.4, -0.2) is 26.4 Å². The van der Waals surface area contributed by atoms with E-state index in [9.17, 15) is 0 Å². The van der Waals surface area contributed by atoms with Gasteiger partial charge in [0.1, 0.15) is 23.1 Å². The predicted octanol–water partition coefficient (Wildman–Crippen LogP) is 12.5. The fourth-order valence-corrected chi connectivity index (χ4v) is 9.25. The molecule has 0 spiro atoms. The van der Waals surface area contributed by atoms with Crippen LogP contribution >= 0.6 is 0 Å². The zero-order valence-electron chi connectivity index (χ0n) is 31.1. The van der Waals surface area contributed by atoms with Gasteiger partial charge in [-0.2, -0.15) is 5.10 Å². The van der Waals surface area contributed by atoms with E-state index in [0.29, 0.717) is 11.8 Å². The number of methoxy groups -OCH3 is 1. The van der Waals surface area contributed by atoms with Crippen LogP contribution in [0.25, 0.3) is 44.4 Å². The van der Waals surface area contributed by atoms with E-state index in [-0.39, 0.29) is 0 Å². The maximum Gasteiger partial charge on any atom is 0.141 e. The minimum absolute atomic E-state index is 0.474. The van der Waals surface area contributed by atoms with E-state index < -0.39 is 0 Å². The van der Waals surface area contributed by atoms with Crippen molar-refractivity contribution in [3.8, 4) is 39.9 Å². The summed E-state index contributed by atoms with van der Waals surface area (Å²) in [5.41, 5.74) is 11.4. The summed E-state index contributed by atoms with van der Waals surface area (Å²) in [4.78, 5) is 4.74. The lowest BCUT2D eigenvalue weighted by atomic mass is 9.79. The highest BCUT2D eigenvalue weighted by Crippen LogP contribution is 2.47. The Morgan fingerprint density at radius 1 is 0.604 bits per heavy atom. The summed E-state index contributed by atoms with van der Waals surface area (Å²) < 4.78 is 16.8. The topological polar surface area (TPSA) is 54.1 Å². The van der Waals surface area contributed by atoms with Gasteiger partial charge in [-0.15, -0.1) is 0 Å². The molecule has 2 fully saturated rings. The molecule has 0 bridgehead atoms. The number of nitrogens with zero attached hydrogens (tertiary/aromatic N) is 4. The van der Waals surface area contributed by atoms with Crippen LogP contribution in [0.15, 0.2) is 103 Å². The Kier molecular flexibility index (Phi) is 8.98. The highest BCUT2D eigenvalue weighted by atomic mass is 16.5. The number of ether oxygens (including phenoxy) is 2. The molecule has 0 aliphatic heterocycles. The van der Waals surface area contributed by atoms with Crippen LogP contribution in [0.5, 0.6) is 17.2 Å². The van der Waals surface area contributed by atoms with Gasteiger partial charge in [-0.3, -0.25) is 4.57 Å². The van der Waals surface area contributed by atoms with E-state index in [4.69, 9.17) is 19.6 Å². The number of pyridine rings is 1. The average molecular weight is 701 g/mol. The van der Waals surface area contributed by atoms with E-state index in [2.05, 4.69) is 108 Å². The molecular formula is C47H48N4O2. The van der Waals surface area contributed by atoms with Crippen molar-refractivity contribution in [2.24, 2.45) is 0 Å². The molecule has 268 valence electrons. The Morgan fingerprint density at radius 3 is 2.08 bits per heavy atom. The maximum absolute atomic E-state index is 6.74. The zero-order valence-corrected chi connectivity index (χ0v) is 31.1. The summed E-state index contributed by atoms with van der Waals surface area (Å²) in [6.07, 6.45) is 14.4. The number of aryl methyl sites for hydroxylation is 2. The van der Waals surface area contributed by atoms with Crippen molar-refractivity contribution in [2.75, 3.05) is 7.11 Å². The third-order valence-corrected chi connectivity index (χ3v) is 11.8. The highest BCUT2D eigenvalue weighted by Gasteiger charge is 2.33. The van der Waals surface area contributed by atoms with Crippen molar-refractivity contribution in [1.29, 1.82) is 0 Å². The largest absolute Gasteiger partial charge is 0.497 e. The lowest BCUT2D eigenvalue weighted by Gasteiger charge is -2.26. The van der Waals surface area contributed by atoms with Gasteiger partial charge in [-0.1, -0.05) is 81.0 Å². The summed E-state index contributed by atoms with van der Waals surface area (Å²) in [6.45, 7) is 4.56. The second-order valence-corrected chi connectivity index (χ2v) is 15.2. The molecule has 0 unspecified atom stereocenters. The molecule has 0 atom stereocenters.